The molecule has 2 aliphatic rings. The van der Waals surface area contributed by atoms with Crippen molar-refractivity contribution >= 4 is 0 Å². The Hall–Kier alpha value is -2.64. The van der Waals surface area contributed by atoms with Crippen LogP contribution in [-0.2, 0) is 13.1 Å². The van der Waals surface area contributed by atoms with E-state index in [4.69, 9.17) is 23.7 Å². The van der Waals surface area contributed by atoms with Crippen molar-refractivity contribution < 1.29 is 33.5 Å². The zero-order valence-corrected chi connectivity index (χ0v) is 17.4. The number of piperazine rings is 1. The van der Waals surface area contributed by atoms with Gasteiger partial charge in [-0.05, 0) is 30.3 Å². The molecule has 0 aliphatic carbocycles. The monoisotopic (exact) mass is 402 g/mol. The predicted octanol–water partition coefficient (Wildman–Crippen LogP) is -0.0753. The smallest absolute Gasteiger partial charge is 0.231 e. The number of quaternary nitrogens is 2. The highest BCUT2D eigenvalue weighted by Gasteiger charge is 2.26. The van der Waals surface area contributed by atoms with Gasteiger partial charge in [0.05, 0.1) is 26.9 Å². The standard InChI is InChI=1S/C22H28N2O5/c1-25-19-7-5-17(21(26-2)22(19)27-3)14-24-10-8-23(9-11-24)13-16-4-6-18-20(12-16)29-15-28-18/h4-7,12H,8-11,13-15H2,1-3H3/p+2. The molecule has 0 atom stereocenters. The summed E-state index contributed by atoms with van der Waals surface area (Å²) in [5.74, 6) is 3.85. The Morgan fingerprint density at radius 2 is 1.45 bits per heavy atom. The number of nitrogens with one attached hydrogen (secondary N) is 2. The van der Waals surface area contributed by atoms with Crippen molar-refractivity contribution in [2.45, 2.75) is 13.1 Å². The van der Waals surface area contributed by atoms with Gasteiger partial charge in [-0.3, -0.25) is 0 Å². The summed E-state index contributed by atoms with van der Waals surface area (Å²) < 4.78 is 27.5. The fraction of sp³-hybridized carbons (Fsp3) is 0.455. The molecule has 0 spiro atoms. The summed E-state index contributed by atoms with van der Waals surface area (Å²) in [7, 11) is 4.98. The van der Waals surface area contributed by atoms with Gasteiger partial charge in [0, 0.05) is 5.56 Å². The third-order valence-electron chi connectivity index (χ3n) is 5.78. The number of hydrogen-bond donors (Lipinski definition) is 2. The third kappa shape index (κ3) is 4.21. The molecule has 0 unspecified atom stereocenters. The maximum atomic E-state index is 5.64. The number of benzene rings is 2. The molecule has 2 N–H and O–H groups in total. The van der Waals surface area contributed by atoms with Crippen LogP contribution in [-0.4, -0.2) is 54.3 Å². The fourth-order valence-electron chi connectivity index (χ4n) is 4.22. The molecule has 1 fully saturated rings. The molecule has 0 bridgehead atoms. The Balaban J connectivity index is 1.35. The molecule has 1 saturated heterocycles. The molecular weight excluding hydrogens is 372 g/mol. The van der Waals surface area contributed by atoms with Crippen LogP contribution >= 0.6 is 0 Å². The molecule has 0 amide bonds. The van der Waals surface area contributed by atoms with E-state index in [1.54, 1.807) is 31.1 Å². The van der Waals surface area contributed by atoms with E-state index in [0.29, 0.717) is 18.3 Å². The van der Waals surface area contributed by atoms with Gasteiger partial charge in [0.2, 0.25) is 12.5 Å². The van der Waals surface area contributed by atoms with Crippen LogP contribution in [0, 0.1) is 0 Å². The second kappa shape index (κ2) is 8.80. The lowest BCUT2D eigenvalue weighted by Crippen LogP contribution is -3.27. The molecule has 2 heterocycles. The normalized spacial score (nSPS) is 20.4. The highest BCUT2D eigenvalue weighted by Crippen LogP contribution is 2.39. The van der Waals surface area contributed by atoms with E-state index in [2.05, 4.69) is 18.2 Å². The van der Waals surface area contributed by atoms with Crippen molar-refractivity contribution in [2.24, 2.45) is 0 Å². The lowest BCUT2D eigenvalue weighted by molar-refractivity contribution is -1.02. The highest BCUT2D eigenvalue weighted by atomic mass is 16.7. The van der Waals surface area contributed by atoms with E-state index in [1.165, 1.54) is 5.56 Å². The summed E-state index contributed by atoms with van der Waals surface area (Å²) in [5, 5.41) is 0. The minimum Gasteiger partial charge on any atom is -0.493 e. The molecule has 0 radical (unpaired) electrons. The predicted molar refractivity (Wildman–Crippen MR) is 107 cm³/mol. The summed E-state index contributed by atoms with van der Waals surface area (Å²) in [5.41, 5.74) is 2.45. The van der Waals surface area contributed by atoms with Gasteiger partial charge in [-0.1, -0.05) is 0 Å². The molecule has 7 heteroatoms. The second-order valence-corrected chi connectivity index (χ2v) is 7.53. The zero-order chi connectivity index (χ0) is 20.2. The molecule has 0 aromatic heterocycles. The first kappa shape index (κ1) is 19.7. The Kier molecular flexibility index (Phi) is 5.97. The molecule has 156 valence electrons. The summed E-state index contributed by atoms with van der Waals surface area (Å²) in [4.78, 5) is 3.16. The Bertz CT molecular complexity index is 849. The van der Waals surface area contributed by atoms with Gasteiger partial charge in [-0.2, -0.15) is 0 Å². The van der Waals surface area contributed by atoms with Crippen molar-refractivity contribution in [1.29, 1.82) is 0 Å². The summed E-state index contributed by atoms with van der Waals surface area (Å²) in [6.07, 6.45) is 0. The van der Waals surface area contributed by atoms with Crippen molar-refractivity contribution in [2.75, 3.05) is 54.3 Å². The molecule has 2 aliphatic heterocycles. The SMILES string of the molecule is COc1ccc(C[NH+]2CC[NH+](Cc3ccc4c(c3)OCO4)CC2)c(OC)c1OC. The first-order chi connectivity index (χ1) is 14.2. The van der Waals surface area contributed by atoms with Gasteiger partial charge >= 0.3 is 0 Å². The van der Waals surface area contributed by atoms with Crippen LogP contribution < -0.4 is 33.5 Å². The third-order valence-corrected chi connectivity index (χ3v) is 5.78. The molecule has 4 rings (SSSR count). The Morgan fingerprint density at radius 3 is 2.14 bits per heavy atom. The quantitative estimate of drug-likeness (QED) is 0.679. The van der Waals surface area contributed by atoms with Gasteiger partial charge in [0.15, 0.2) is 23.0 Å². The summed E-state index contributed by atoms with van der Waals surface area (Å²) >= 11 is 0. The first-order valence-corrected chi connectivity index (χ1v) is 10.0. The summed E-state index contributed by atoms with van der Waals surface area (Å²) in [6, 6.07) is 10.3. The van der Waals surface area contributed by atoms with Crippen molar-refractivity contribution in [3.63, 3.8) is 0 Å². The molecule has 29 heavy (non-hydrogen) atoms. The Morgan fingerprint density at radius 1 is 0.759 bits per heavy atom. The van der Waals surface area contributed by atoms with Crippen LogP contribution in [0.4, 0.5) is 0 Å². The van der Waals surface area contributed by atoms with Crippen LogP contribution in [0.3, 0.4) is 0 Å². The van der Waals surface area contributed by atoms with Crippen molar-refractivity contribution in [3.8, 4) is 28.7 Å². The average molecular weight is 402 g/mol. The van der Waals surface area contributed by atoms with E-state index in [0.717, 1.165) is 62.1 Å². The van der Waals surface area contributed by atoms with Gasteiger partial charge in [0.1, 0.15) is 39.3 Å². The van der Waals surface area contributed by atoms with Crippen molar-refractivity contribution in [1.82, 2.24) is 0 Å². The summed E-state index contributed by atoms with van der Waals surface area (Å²) in [6.45, 7) is 6.78. The number of methoxy groups -OCH3 is 3. The molecule has 0 saturated carbocycles. The average Bonchev–Trinajstić information content (AvgIpc) is 3.22. The van der Waals surface area contributed by atoms with Crippen LogP contribution in [0.15, 0.2) is 30.3 Å². The van der Waals surface area contributed by atoms with Crippen LogP contribution in [0.2, 0.25) is 0 Å². The second-order valence-electron chi connectivity index (χ2n) is 7.53. The number of ether oxygens (including phenoxy) is 5. The largest absolute Gasteiger partial charge is 0.493 e. The molecule has 2 aromatic carbocycles. The lowest BCUT2D eigenvalue weighted by Gasteiger charge is -2.30. The number of rotatable bonds is 7. The van der Waals surface area contributed by atoms with E-state index in [-0.39, 0.29) is 0 Å². The lowest BCUT2D eigenvalue weighted by atomic mass is 10.1. The first-order valence-electron chi connectivity index (χ1n) is 10.0. The highest BCUT2D eigenvalue weighted by molar-refractivity contribution is 5.55. The molecule has 2 aromatic rings. The maximum absolute atomic E-state index is 5.64. The number of hydrogen-bond acceptors (Lipinski definition) is 5. The minimum absolute atomic E-state index is 0.327. The van der Waals surface area contributed by atoms with Crippen LogP contribution in [0.25, 0.3) is 0 Å². The Labute approximate surface area is 171 Å². The molecule has 7 nitrogen and oxygen atoms in total. The van der Waals surface area contributed by atoms with E-state index >= 15 is 0 Å². The zero-order valence-electron chi connectivity index (χ0n) is 17.4. The minimum atomic E-state index is 0.327. The van der Waals surface area contributed by atoms with Crippen molar-refractivity contribution in [3.05, 3.63) is 41.5 Å². The molecular formula is C22H30N2O5+2. The van der Waals surface area contributed by atoms with E-state index < -0.39 is 0 Å². The fourth-order valence-corrected chi connectivity index (χ4v) is 4.22. The number of fused-ring (bicyclic) bond motifs is 1. The topological polar surface area (TPSA) is 55.0 Å². The van der Waals surface area contributed by atoms with Crippen LogP contribution in [0.5, 0.6) is 28.7 Å². The van der Waals surface area contributed by atoms with Gasteiger partial charge < -0.3 is 33.5 Å². The van der Waals surface area contributed by atoms with E-state index in [1.807, 2.05) is 12.1 Å². The van der Waals surface area contributed by atoms with Gasteiger partial charge in [-0.15, -0.1) is 0 Å². The van der Waals surface area contributed by atoms with Gasteiger partial charge in [0.25, 0.3) is 0 Å². The van der Waals surface area contributed by atoms with Crippen LogP contribution in [0.1, 0.15) is 11.1 Å². The van der Waals surface area contributed by atoms with Gasteiger partial charge in [-0.25, -0.2) is 0 Å². The maximum Gasteiger partial charge on any atom is 0.231 e. The van der Waals surface area contributed by atoms with E-state index in [9.17, 15) is 0 Å².